The highest BCUT2D eigenvalue weighted by atomic mass is 35.5. The summed E-state index contributed by atoms with van der Waals surface area (Å²) in [5.74, 6) is -0.741. The van der Waals surface area contributed by atoms with Crippen LogP contribution < -0.4 is 29.0 Å². The van der Waals surface area contributed by atoms with E-state index in [1.54, 1.807) is 12.1 Å². The number of ketones is 1. The Hall–Kier alpha value is -4.48. The minimum absolute atomic E-state index is 0.00463. The van der Waals surface area contributed by atoms with Gasteiger partial charge >= 0.3 is 0 Å². The molecule has 0 aliphatic rings. The fourth-order valence-electron chi connectivity index (χ4n) is 5.78. The van der Waals surface area contributed by atoms with Gasteiger partial charge in [-0.1, -0.05) is 59.6 Å². The first-order valence-electron chi connectivity index (χ1n) is 17.2. The maximum Gasteiger partial charge on any atom is 0.236 e. The van der Waals surface area contributed by atoms with Crippen LogP contribution in [-0.2, 0) is 55.6 Å². The second-order valence-electron chi connectivity index (χ2n) is 13.0. The first kappa shape index (κ1) is 44.2. The zero-order valence-electron chi connectivity index (χ0n) is 31.8. The second kappa shape index (κ2) is 19.6. The number of pyridine rings is 2. The molecule has 0 saturated carbocycles. The van der Waals surface area contributed by atoms with Crippen molar-refractivity contribution in [1.29, 1.82) is 0 Å². The Bertz CT molecular complexity index is 2150. The normalized spacial score (nSPS) is 11.6. The van der Waals surface area contributed by atoms with E-state index in [9.17, 15) is 26.4 Å². The van der Waals surface area contributed by atoms with E-state index in [0.29, 0.717) is 24.0 Å². The van der Waals surface area contributed by atoms with Crippen LogP contribution in [0, 0.1) is 13.8 Å². The second-order valence-corrected chi connectivity index (χ2v) is 17.7. The minimum Gasteiger partial charge on any atom is -0.481 e. The van der Waals surface area contributed by atoms with Crippen molar-refractivity contribution in [2.75, 3.05) is 39.0 Å². The summed E-state index contributed by atoms with van der Waals surface area (Å²) in [4.78, 5) is 32.7. The summed E-state index contributed by atoms with van der Waals surface area (Å²) >= 11 is 13.1. The van der Waals surface area contributed by atoms with Crippen LogP contribution in [0.5, 0.6) is 23.5 Å². The molecule has 4 rings (SSSR count). The maximum absolute atomic E-state index is 11.9. The summed E-state index contributed by atoms with van der Waals surface area (Å²) in [6.45, 7) is 4.35. The lowest BCUT2D eigenvalue weighted by molar-refractivity contribution is -0.119. The van der Waals surface area contributed by atoms with E-state index in [4.69, 9.17) is 42.1 Å². The molecule has 18 heteroatoms. The van der Waals surface area contributed by atoms with Crippen molar-refractivity contribution in [3.8, 4) is 34.6 Å². The number of nitrogens with zero attached hydrogens (tertiary/aromatic N) is 2. The lowest BCUT2D eigenvalue weighted by Gasteiger charge is -2.17. The van der Waals surface area contributed by atoms with Gasteiger partial charge in [0.15, 0.2) is 15.6 Å². The van der Waals surface area contributed by atoms with E-state index in [1.165, 1.54) is 14.2 Å². The number of carbonyl (C=O) groups excluding carboxylic acids is 2. The fourth-order valence-corrected chi connectivity index (χ4v) is 7.44. The monoisotopic (exact) mass is 850 g/mol. The summed E-state index contributed by atoms with van der Waals surface area (Å²) in [5, 5.41) is 3.40. The van der Waals surface area contributed by atoms with Crippen LogP contribution >= 0.6 is 23.2 Å². The molecule has 14 nitrogen and oxygen atoms in total. The number of methoxy groups -OCH3 is 2. The summed E-state index contributed by atoms with van der Waals surface area (Å²) in [5.41, 5.74) is 6.95. The van der Waals surface area contributed by atoms with Crippen molar-refractivity contribution in [2.24, 2.45) is 0 Å². The summed E-state index contributed by atoms with van der Waals surface area (Å²) < 4.78 is 70.3. The first-order chi connectivity index (χ1) is 26.4. The largest absolute Gasteiger partial charge is 0.481 e. The molecule has 0 aliphatic heterocycles. The number of carbonyl (C=O) groups is 2. The van der Waals surface area contributed by atoms with Gasteiger partial charge in [-0.05, 0) is 72.2 Å². The molecule has 0 fully saturated rings. The van der Waals surface area contributed by atoms with E-state index in [0.717, 1.165) is 45.9 Å². The van der Waals surface area contributed by atoms with Crippen LogP contribution in [-0.4, -0.2) is 77.5 Å². The molecule has 4 aromatic rings. The van der Waals surface area contributed by atoms with Crippen LogP contribution in [0.3, 0.4) is 0 Å². The van der Waals surface area contributed by atoms with Crippen molar-refractivity contribution >= 4 is 54.8 Å². The van der Waals surface area contributed by atoms with E-state index in [-0.39, 0.29) is 66.3 Å². The number of aryl methyl sites for hydroxylation is 1. The number of hydrogen-bond donors (Lipinski definition) is 2. The maximum atomic E-state index is 11.9. The number of sulfone groups is 1. The molecule has 0 atom stereocenters. The van der Waals surface area contributed by atoms with Gasteiger partial charge in [0.1, 0.15) is 29.0 Å². The number of rotatable bonds is 20. The Morgan fingerprint density at radius 3 is 1.71 bits per heavy atom. The van der Waals surface area contributed by atoms with Crippen LogP contribution in [0.25, 0.3) is 11.1 Å². The summed E-state index contributed by atoms with van der Waals surface area (Å²) in [7, 11) is -4.13. The quantitative estimate of drug-likeness (QED) is 0.116. The molecular weight excluding hydrogens is 807 g/mol. The number of nitrogens with one attached hydrogen (secondary N) is 2. The standard InChI is InChI=1S/C38H44Cl2N4O10S2/c1-23-26(20-53-37-32(39)16-25(35(42-37)51-3)10-9-15-34(46)44-56(6,49)50)11-7-13-30(23)31-14-8-12-27(24(31)2)21-54-38-33(40)17-28(36(43-38)52-4)18-41-19-29(45)22-55(5,47)48/h7-8,11-14,16-17,41H,9-10,15,18-22H2,1-6H3,(H,44,46). The van der Waals surface area contributed by atoms with Gasteiger partial charge in [-0.15, -0.1) is 0 Å². The van der Waals surface area contributed by atoms with Crippen molar-refractivity contribution in [1.82, 2.24) is 20.0 Å². The molecule has 0 bridgehead atoms. The molecular formula is C38H44Cl2N4O10S2. The minimum atomic E-state index is -3.63. The number of Topliss-reactive ketones (excluding diaryl/α,β-unsaturated/α-hetero) is 1. The van der Waals surface area contributed by atoms with Crippen molar-refractivity contribution < 1.29 is 45.4 Å². The van der Waals surface area contributed by atoms with Crippen LogP contribution in [0.15, 0.2) is 48.5 Å². The van der Waals surface area contributed by atoms with Crippen LogP contribution in [0.1, 0.15) is 46.2 Å². The lowest BCUT2D eigenvalue weighted by Crippen LogP contribution is -2.29. The molecule has 0 unspecified atom stereocenters. The molecule has 0 saturated heterocycles. The highest BCUT2D eigenvalue weighted by Crippen LogP contribution is 2.34. The Kier molecular flexibility index (Phi) is 15.5. The zero-order valence-corrected chi connectivity index (χ0v) is 35.0. The predicted octanol–water partition coefficient (Wildman–Crippen LogP) is 5.34. The van der Waals surface area contributed by atoms with Crippen molar-refractivity contribution in [2.45, 2.75) is 52.9 Å². The van der Waals surface area contributed by atoms with Crippen LogP contribution in [0.4, 0.5) is 0 Å². The summed E-state index contributed by atoms with van der Waals surface area (Å²) in [6.07, 6.45) is 2.65. The number of ether oxygens (including phenoxy) is 4. The van der Waals surface area contributed by atoms with Crippen molar-refractivity contribution in [3.05, 3.63) is 92.0 Å². The molecule has 2 N–H and O–H groups in total. The Balaban J connectivity index is 1.43. The van der Waals surface area contributed by atoms with E-state index < -0.39 is 37.3 Å². The van der Waals surface area contributed by atoms with E-state index >= 15 is 0 Å². The van der Waals surface area contributed by atoms with Gasteiger partial charge < -0.3 is 24.3 Å². The molecule has 0 spiro atoms. The van der Waals surface area contributed by atoms with Gasteiger partial charge in [0.2, 0.25) is 39.5 Å². The Morgan fingerprint density at radius 1 is 0.732 bits per heavy atom. The number of hydrogen-bond acceptors (Lipinski definition) is 13. The molecule has 1 amide bonds. The molecule has 2 heterocycles. The fraction of sp³-hybridized carbons (Fsp3) is 0.368. The lowest BCUT2D eigenvalue weighted by atomic mass is 9.92. The third-order valence-corrected chi connectivity index (χ3v) is 10.5. The first-order valence-corrected chi connectivity index (χ1v) is 21.9. The van der Waals surface area contributed by atoms with Gasteiger partial charge in [0, 0.05) is 30.3 Å². The molecule has 2 aromatic carbocycles. The van der Waals surface area contributed by atoms with Gasteiger partial charge in [0.05, 0.1) is 27.0 Å². The van der Waals surface area contributed by atoms with E-state index in [1.807, 2.05) is 55.0 Å². The zero-order chi connectivity index (χ0) is 41.2. The average molecular weight is 852 g/mol. The molecule has 0 radical (unpaired) electrons. The Morgan fingerprint density at radius 2 is 1.23 bits per heavy atom. The van der Waals surface area contributed by atoms with Gasteiger partial charge in [-0.3, -0.25) is 14.3 Å². The molecule has 302 valence electrons. The predicted molar refractivity (Wildman–Crippen MR) is 214 cm³/mol. The number of sulfonamides is 1. The summed E-state index contributed by atoms with van der Waals surface area (Å²) in [6, 6.07) is 15.1. The number of amides is 1. The van der Waals surface area contributed by atoms with Gasteiger partial charge in [-0.2, -0.15) is 9.97 Å². The third-order valence-electron chi connectivity index (χ3n) is 8.47. The highest BCUT2D eigenvalue weighted by molar-refractivity contribution is 7.91. The smallest absolute Gasteiger partial charge is 0.236 e. The van der Waals surface area contributed by atoms with E-state index in [2.05, 4.69) is 15.3 Å². The molecule has 0 aliphatic carbocycles. The van der Waals surface area contributed by atoms with Gasteiger partial charge in [-0.25, -0.2) is 16.8 Å². The Labute approximate surface area is 337 Å². The highest BCUT2D eigenvalue weighted by Gasteiger charge is 2.18. The van der Waals surface area contributed by atoms with Gasteiger partial charge in [0.25, 0.3) is 0 Å². The van der Waals surface area contributed by atoms with Crippen molar-refractivity contribution in [3.63, 3.8) is 0 Å². The topological polar surface area (TPSA) is 189 Å². The molecule has 2 aromatic heterocycles. The average Bonchev–Trinajstić information content (AvgIpc) is 3.10. The molecule has 56 heavy (non-hydrogen) atoms. The number of aromatic nitrogens is 2. The van der Waals surface area contributed by atoms with Crippen LogP contribution in [0.2, 0.25) is 10.0 Å². The number of halogens is 2. The third kappa shape index (κ3) is 12.8. The SMILES string of the molecule is COc1nc(OCc2cccc(-c3cccc(COc4nc(OC)c(CNCC(=O)CS(C)(=O)=O)cc4Cl)c3C)c2C)c(Cl)cc1CCCC(=O)NS(C)(=O)=O. The number of benzene rings is 2.